The topological polar surface area (TPSA) is 55.4 Å². The molecule has 6 heteroatoms. The zero-order valence-corrected chi connectivity index (χ0v) is 15.7. The van der Waals surface area contributed by atoms with Gasteiger partial charge in [0.25, 0.3) is 5.91 Å². The number of nitrogens with one attached hydrogen (secondary N) is 1. The summed E-state index contributed by atoms with van der Waals surface area (Å²) in [6.45, 7) is 0.105. The minimum Gasteiger partial charge on any atom is -0.423 e. The number of hydrogen-bond donors (Lipinski definition) is 1. The van der Waals surface area contributed by atoms with Crippen molar-refractivity contribution in [3.05, 3.63) is 99.3 Å². The molecule has 3 rings (SSSR count). The van der Waals surface area contributed by atoms with Gasteiger partial charge in [0, 0.05) is 22.2 Å². The van der Waals surface area contributed by atoms with E-state index in [1.54, 1.807) is 12.1 Å². The van der Waals surface area contributed by atoms with Gasteiger partial charge >= 0.3 is 5.97 Å². The normalized spacial score (nSPS) is 14.4. The Labute approximate surface area is 184 Å². The van der Waals surface area contributed by atoms with Crippen LogP contribution in [0, 0.1) is 0 Å². The lowest BCUT2D eigenvalue weighted by atomic mass is 10.1. The van der Waals surface area contributed by atoms with Gasteiger partial charge in [-0.15, -0.1) is 0 Å². The first-order valence-corrected chi connectivity index (χ1v) is 8.73. The second-order valence-corrected chi connectivity index (χ2v) is 6.17. The summed E-state index contributed by atoms with van der Waals surface area (Å²) < 4.78 is 67.6. The first-order valence-electron chi connectivity index (χ1n) is 12.0. The number of ether oxygens (including phenoxy) is 1. The first-order chi connectivity index (χ1) is 16.9. The SMILES string of the molecule is [2H]c1c([2H])c(C(=O)NCCc2ccc(OC(=O)c3c([2H])c([2H])c(Cl)c([2H])c3[2H])cc2)c([2H])c([2H])c1Cl. The molecule has 0 aliphatic rings. The Morgan fingerprint density at radius 1 is 0.857 bits per heavy atom. The van der Waals surface area contributed by atoms with E-state index in [9.17, 15) is 9.59 Å². The van der Waals surface area contributed by atoms with Gasteiger partial charge in [-0.05, 0) is 72.5 Å². The maximum atomic E-state index is 12.5. The molecule has 0 aromatic heterocycles. The zero-order chi connectivity index (χ0) is 26.9. The van der Waals surface area contributed by atoms with E-state index in [1.807, 2.05) is 0 Å². The lowest BCUT2D eigenvalue weighted by Crippen LogP contribution is -2.25. The molecule has 1 amide bonds. The lowest BCUT2D eigenvalue weighted by molar-refractivity contribution is 0.0734. The third-order valence-corrected chi connectivity index (χ3v) is 3.83. The third-order valence-electron chi connectivity index (χ3n) is 3.45. The molecular weight excluding hydrogens is 397 g/mol. The summed E-state index contributed by atoms with van der Waals surface area (Å²) in [6, 6.07) is 1.71. The van der Waals surface area contributed by atoms with E-state index in [1.165, 1.54) is 12.1 Å². The zero-order valence-electron chi connectivity index (χ0n) is 22.2. The number of halogens is 2. The van der Waals surface area contributed by atoms with Crippen molar-refractivity contribution in [3.63, 3.8) is 0 Å². The van der Waals surface area contributed by atoms with E-state index in [2.05, 4.69) is 5.32 Å². The van der Waals surface area contributed by atoms with E-state index in [-0.39, 0.29) is 17.3 Å². The molecule has 4 nitrogen and oxygen atoms in total. The predicted molar refractivity (Wildman–Crippen MR) is 110 cm³/mol. The molecule has 0 radical (unpaired) electrons. The van der Waals surface area contributed by atoms with Crippen molar-refractivity contribution >= 4 is 35.1 Å². The predicted octanol–water partition coefficient (Wildman–Crippen LogP) is 5.19. The van der Waals surface area contributed by atoms with E-state index in [0.717, 1.165) is 5.56 Å². The molecule has 3 aromatic carbocycles. The fraction of sp³-hybridized carbons (Fsp3) is 0.0909. The largest absolute Gasteiger partial charge is 0.423 e. The van der Waals surface area contributed by atoms with Crippen LogP contribution in [0.2, 0.25) is 10.0 Å². The highest BCUT2D eigenvalue weighted by molar-refractivity contribution is 6.31. The van der Waals surface area contributed by atoms with Crippen LogP contribution in [0.4, 0.5) is 0 Å². The molecule has 1 N–H and O–H groups in total. The highest BCUT2D eigenvalue weighted by Gasteiger charge is 2.09. The van der Waals surface area contributed by atoms with E-state index < -0.39 is 76.4 Å². The molecule has 0 aliphatic carbocycles. The van der Waals surface area contributed by atoms with Crippen molar-refractivity contribution in [1.82, 2.24) is 5.32 Å². The number of carbonyl (C=O) groups is 2. The number of carbonyl (C=O) groups excluding carboxylic acids is 2. The number of amides is 1. The van der Waals surface area contributed by atoms with Gasteiger partial charge in [-0.1, -0.05) is 35.3 Å². The average molecular weight is 422 g/mol. The van der Waals surface area contributed by atoms with Crippen LogP contribution in [-0.2, 0) is 6.42 Å². The number of rotatable bonds is 6. The number of benzene rings is 3. The van der Waals surface area contributed by atoms with E-state index in [4.69, 9.17) is 38.9 Å². The summed E-state index contributed by atoms with van der Waals surface area (Å²) in [4.78, 5) is 24.9. The number of hydrogen-bond acceptors (Lipinski definition) is 3. The summed E-state index contributed by atoms with van der Waals surface area (Å²) in [7, 11) is 0. The second kappa shape index (κ2) is 9.40. The Bertz CT molecular complexity index is 1330. The Kier molecular flexibility index (Phi) is 3.99. The lowest BCUT2D eigenvalue weighted by Gasteiger charge is -2.07. The minimum absolute atomic E-state index is 0.0874. The van der Waals surface area contributed by atoms with Gasteiger partial charge in [-0.3, -0.25) is 4.79 Å². The van der Waals surface area contributed by atoms with Crippen molar-refractivity contribution in [2.45, 2.75) is 6.42 Å². The minimum atomic E-state index is -1.08. The molecule has 0 spiro atoms. The van der Waals surface area contributed by atoms with Crippen LogP contribution in [-0.4, -0.2) is 18.4 Å². The Morgan fingerprint density at radius 2 is 1.39 bits per heavy atom. The monoisotopic (exact) mass is 421 g/mol. The van der Waals surface area contributed by atoms with Gasteiger partial charge in [0.05, 0.1) is 16.5 Å². The first kappa shape index (κ1) is 11.9. The second-order valence-electron chi connectivity index (χ2n) is 5.42. The molecule has 0 saturated heterocycles. The van der Waals surface area contributed by atoms with Crippen LogP contribution in [0.5, 0.6) is 5.75 Å². The highest BCUT2D eigenvalue weighted by Crippen LogP contribution is 2.16. The molecule has 0 bridgehead atoms. The Morgan fingerprint density at radius 3 is 1.96 bits per heavy atom. The van der Waals surface area contributed by atoms with Gasteiger partial charge in [0.1, 0.15) is 5.75 Å². The van der Waals surface area contributed by atoms with Crippen LogP contribution >= 0.6 is 23.2 Å². The Balaban J connectivity index is 1.65. The van der Waals surface area contributed by atoms with E-state index in [0.29, 0.717) is 6.42 Å². The molecule has 3 aromatic rings. The van der Waals surface area contributed by atoms with Crippen molar-refractivity contribution in [2.24, 2.45) is 0 Å². The van der Waals surface area contributed by atoms with E-state index >= 15 is 0 Å². The van der Waals surface area contributed by atoms with Crippen molar-refractivity contribution in [3.8, 4) is 5.75 Å². The molecular formula is C22H17Cl2NO3. The van der Waals surface area contributed by atoms with Crippen LogP contribution in [0.3, 0.4) is 0 Å². The summed E-state index contributed by atoms with van der Waals surface area (Å²) >= 11 is 11.5. The van der Waals surface area contributed by atoms with Crippen LogP contribution < -0.4 is 10.1 Å². The van der Waals surface area contributed by atoms with Crippen LogP contribution in [0.25, 0.3) is 0 Å². The maximum Gasteiger partial charge on any atom is 0.343 e. The maximum absolute atomic E-state index is 12.5. The van der Waals surface area contributed by atoms with Crippen LogP contribution in [0.1, 0.15) is 37.2 Å². The molecule has 28 heavy (non-hydrogen) atoms. The fourth-order valence-corrected chi connectivity index (χ4v) is 2.29. The van der Waals surface area contributed by atoms with Crippen molar-refractivity contribution < 1.29 is 25.3 Å². The molecule has 0 aliphatic heterocycles. The van der Waals surface area contributed by atoms with Gasteiger partial charge in [0.2, 0.25) is 0 Å². The van der Waals surface area contributed by atoms with Crippen molar-refractivity contribution in [2.75, 3.05) is 6.54 Å². The summed E-state index contributed by atoms with van der Waals surface area (Å²) in [5.74, 6) is -1.77. The van der Waals surface area contributed by atoms with Gasteiger partial charge < -0.3 is 10.1 Å². The molecule has 0 atom stereocenters. The fourth-order valence-electron chi connectivity index (χ4n) is 2.10. The summed E-state index contributed by atoms with van der Waals surface area (Å²) in [6.07, 6.45) is 0.324. The molecule has 142 valence electrons. The standard InChI is InChI=1S/C22H17Cl2NO3/c23-18-7-3-16(4-8-18)21(26)25-14-13-15-1-11-20(12-2-15)28-22(27)17-5-9-19(24)10-6-17/h1-12H,13-14H2,(H,25,26)/i3D,4D,5D,6D,7D,8D,9D,10D. The number of esters is 1. The van der Waals surface area contributed by atoms with Crippen LogP contribution in [0.15, 0.2) is 72.6 Å². The van der Waals surface area contributed by atoms with Gasteiger partial charge in [-0.2, -0.15) is 0 Å². The van der Waals surface area contributed by atoms with Crippen molar-refractivity contribution in [1.29, 1.82) is 0 Å². The average Bonchev–Trinajstić information content (AvgIpc) is 2.85. The summed E-state index contributed by atoms with van der Waals surface area (Å²) in [5.41, 5.74) is -0.229. The summed E-state index contributed by atoms with van der Waals surface area (Å²) in [5, 5.41) is 1.78. The molecule has 0 unspecified atom stereocenters. The quantitative estimate of drug-likeness (QED) is 0.440. The van der Waals surface area contributed by atoms with Gasteiger partial charge in [-0.25, -0.2) is 4.79 Å². The Hall–Kier alpha value is -2.82. The molecule has 0 fully saturated rings. The third kappa shape index (κ3) is 5.59. The molecule has 0 saturated carbocycles. The molecule has 0 heterocycles. The van der Waals surface area contributed by atoms with Gasteiger partial charge in [0.15, 0.2) is 0 Å². The highest BCUT2D eigenvalue weighted by atomic mass is 35.5. The smallest absolute Gasteiger partial charge is 0.343 e.